The topological polar surface area (TPSA) is 53.2 Å². The molecular formula is C8H15N3O. The highest BCUT2D eigenvalue weighted by atomic mass is 16.1. The van der Waals surface area contributed by atoms with Gasteiger partial charge in [-0.2, -0.15) is 0 Å². The van der Waals surface area contributed by atoms with Crippen molar-refractivity contribution in [2.24, 2.45) is 0 Å². The molecule has 4 heteroatoms. The average Bonchev–Trinajstić information content (AvgIpc) is 2.42. The second-order valence-corrected chi connectivity index (χ2v) is 3.66. The third kappa shape index (κ3) is 1.44. The van der Waals surface area contributed by atoms with Crippen LogP contribution in [-0.2, 0) is 4.79 Å². The second kappa shape index (κ2) is 3.03. The minimum Gasteiger partial charge on any atom is -0.355 e. The van der Waals surface area contributed by atoms with Gasteiger partial charge in [-0.1, -0.05) is 0 Å². The molecule has 0 aromatic heterocycles. The molecule has 3 N–H and O–H groups in total. The van der Waals surface area contributed by atoms with Gasteiger partial charge in [-0.05, 0) is 19.4 Å². The first-order valence-corrected chi connectivity index (χ1v) is 4.53. The third-order valence-electron chi connectivity index (χ3n) is 2.79. The van der Waals surface area contributed by atoms with Crippen molar-refractivity contribution in [1.29, 1.82) is 0 Å². The maximum absolute atomic E-state index is 11.0. The van der Waals surface area contributed by atoms with Crippen LogP contribution in [0.25, 0.3) is 0 Å². The lowest BCUT2D eigenvalue weighted by Gasteiger charge is -2.26. The Morgan fingerprint density at radius 2 is 2.08 bits per heavy atom. The van der Waals surface area contributed by atoms with Crippen LogP contribution in [0.1, 0.15) is 12.8 Å². The van der Waals surface area contributed by atoms with E-state index in [1.807, 2.05) is 0 Å². The predicted molar refractivity (Wildman–Crippen MR) is 45.8 cm³/mol. The quantitative estimate of drug-likeness (QED) is 0.428. The van der Waals surface area contributed by atoms with Gasteiger partial charge in [0.15, 0.2) is 0 Å². The lowest BCUT2D eigenvalue weighted by atomic mass is 9.95. The third-order valence-corrected chi connectivity index (χ3v) is 2.79. The molecule has 1 amide bonds. The van der Waals surface area contributed by atoms with E-state index in [9.17, 15) is 4.79 Å². The average molecular weight is 169 g/mol. The fraction of sp³-hybridized carbons (Fsp3) is 0.875. The summed E-state index contributed by atoms with van der Waals surface area (Å²) in [6.07, 6.45) is 2.19. The Kier molecular flexibility index (Phi) is 2.02. The first-order chi connectivity index (χ1) is 5.81. The summed E-state index contributed by atoms with van der Waals surface area (Å²) >= 11 is 0. The molecule has 1 atom stereocenters. The van der Waals surface area contributed by atoms with E-state index in [0.29, 0.717) is 6.54 Å². The molecule has 2 aliphatic heterocycles. The second-order valence-electron chi connectivity index (χ2n) is 3.66. The van der Waals surface area contributed by atoms with Crippen LogP contribution in [0.4, 0.5) is 0 Å². The molecule has 0 bridgehead atoms. The highest BCUT2D eigenvalue weighted by molar-refractivity contribution is 5.78. The Bertz CT molecular complexity index is 187. The van der Waals surface area contributed by atoms with E-state index in [1.165, 1.54) is 0 Å². The molecule has 1 unspecified atom stereocenters. The molecule has 12 heavy (non-hydrogen) atoms. The normalized spacial score (nSPS) is 36.5. The molecule has 2 aliphatic rings. The van der Waals surface area contributed by atoms with Gasteiger partial charge in [0.2, 0.25) is 5.91 Å². The summed E-state index contributed by atoms with van der Waals surface area (Å²) in [6.45, 7) is 3.36. The van der Waals surface area contributed by atoms with Crippen molar-refractivity contribution in [1.82, 2.24) is 16.0 Å². The first kappa shape index (κ1) is 8.01. The summed E-state index contributed by atoms with van der Waals surface area (Å²) in [5.74, 6) is 0.124. The number of rotatable bonds is 0. The van der Waals surface area contributed by atoms with Gasteiger partial charge in [0.1, 0.15) is 0 Å². The Morgan fingerprint density at radius 3 is 2.83 bits per heavy atom. The Labute approximate surface area is 72.1 Å². The number of amides is 1. The van der Waals surface area contributed by atoms with Crippen molar-refractivity contribution in [2.45, 2.75) is 18.4 Å². The van der Waals surface area contributed by atoms with Gasteiger partial charge in [0.25, 0.3) is 0 Å². The minimum atomic E-state index is 0.124. The molecule has 68 valence electrons. The van der Waals surface area contributed by atoms with Gasteiger partial charge >= 0.3 is 0 Å². The fourth-order valence-corrected chi connectivity index (χ4v) is 1.97. The highest BCUT2D eigenvalue weighted by Crippen LogP contribution is 2.19. The lowest BCUT2D eigenvalue weighted by Crippen LogP contribution is -2.47. The van der Waals surface area contributed by atoms with Crippen LogP contribution in [0.3, 0.4) is 0 Å². The Morgan fingerprint density at radius 1 is 1.25 bits per heavy atom. The standard InChI is InChI=1S/C8H15N3O/c12-7-5-11-8(2-4-10-7)1-3-9-6-8/h9,11H,1-6H2,(H,10,12). The van der Waals surface area contributed by atoms with Gasteiger partial charge in [-0.3, -0.25) is 4.79 Å². The molecule has 2 rings (SSSR count). The van der Waals surface area contributed by atoms with Crippen LogP contribution in [0.5, 0.6) is 0 Å². The van der Waals surface area contributed by atoms with E-state index < -0.39 is 0 Å². The molecule has 0 aliphatic carbocycles. The molecule has 2 saturated heterocycles. The van der Waals surface area contributed by atoms with E-state index >= 15 is 0 Å². The van der Waals surface area contributed by atoms with E-state index in [1.54, 1.807) is 0 Å². The Balaban J connectivity index is 2.01. The molecule has 2 heterocycles. The van der Waals surface area contributed by atoms with Crippen LogP contribution in [0.2, 0.25) is 0 Å². The number of carbonyl (C=O) groups excluding carboxylic acids is 1. The maximum Gasteiger partial charge on any atom is 0.233 e. The summed E-state index contributed by atoms with van der Waals surface area (Å²) in [7, 11) is 0. The van der Waals surface area contributed by atoms with E-state index in [2.05, 4.69) is 16.0 Å². The SMILES string of the molecule is O=C1CNC2(CCNC2)CCN1. The van der Waals surface area contributed by atoms with Crippen molar-refractivity contribution >= 4 is 5.91 Å². The molecule has 0 saturated carbocycles. The van der Waals surface area contributed by atoms with Crippen LogP contribution < -0.4 is 16.0 Å². The van der Waals surface area contributed by atoms with Crippen LogP contribution in [0.15, 0.2) is 0 Å². The van der Waals surface area contributed by atoms with Crippen LogP contribution >= 0.6 is 0 Å². The van der Waals surface area contributed by atoms with Gasteiger partial charge in [0.05, 0.1) is 6.54 Å². The van der Waals surface area contributed by atoms with Crippen molar-refractivity contribution in [3.8, 4) is 0 Å². The summed E-state index contributed by atoms with van der Waals surface area (Å²) in [5.41, 5.74) is 0.194. The zero-order valence-electron chi connectivity index (χ0n) is 7.15. The van der Waals surface area contributed by atoms with Gasteiger partial charge in [-0.25, -0.2) is 0 Å². The van der Waals surface area contributed by atoms with Gasteiger partial charge in [-0.15, -0.1) is 0 Å². The van der Waals surface area contributed by atoms with Crippen LogP contribution in [-0.4, -0.2) is 37.6 Å². The van der Waals surface area contributed by atoms with E-state index in [0.717, 1.165) is 32.5 Å². The monoisotopic (exact) mass is 169 g/mol. The molecular weight excluding hydrogens is 154 g/mol. The molecule has 4 nitrogen and oxygen atoms in total. The lowest BCUT2D eigenvalue weighted by molar-refractivity contribution is -0.119. The van der Waals surface area contributed by atoms with Crippen LogP contribution in [0, 0.1) is 0 Å². The zero-order chi connectivity index (χ0) is 8.44. The zero-order valence-corrected chi connectivity index (χ0v) is 7.15. The molecule has 0 radical (unpaired) electrons. The summed E-state index contributed by atoms with van der Waals surface area (Å²) in [4.78, 5) is 11.0. The van der Waals surface area contributed by atoms with Gasteiger partial charge in [0, 0.05) is 18.6 Å². The van der Waals surface area contributed by atoms with Crippen molar-refractivity contribution in [3.63, 3.8) is 0 Å². The number of hydrogen-bond acceptors (Lipinski definition) is 3. The van der Waals surface area contributed by atoms with Crippen molar-refractivity contribution < 1.29 is 4.79 Å². The largest absolute Gasteiger partial charge is 0.355 e. The molecule has 0 aromatic carbocycles. The van der Waals surface area contributed by atoms with Gasteiger partial charge < -0.3 is 16.0 Å². The highest BCUT2D eigenvalue weighted by Gasteiger charge is 2.34. The first-order valence-electron chi connectivity index (χ1n) is 4.53. The smallest absolute Gasteiger partial charge is 0.233 e. The van der Waals surface area contributed by atoms with Crippen molar-refractivity contribution in [2.75, 3.05) is 26.2 Å². The van der Waals surface area contributed by atoms with E-state index in [4.69, 9.17) is 0 Å². The summed E-state index contributed by atoms with van der Waals surface area (Å²) < 4.78 is 0. The minimum absolute atomic E-state index is 0.124. The van der Waals surface area contributed by atoms with E-state index in [-0.39, 0.29) is 11.4 Å². The maximum atomic E-state index is 11.0. The predicted octanol–water partition coefficient (Wildman–Crippen LogP) is -1.17. The molecule has 0 aromatic rings. The molecule has 1 spiro atoms. The Hall–Kier alpha value is -0.610. The number of hydrogen-bond donors (Lipinski definition) is 3. The van der Waals surface area contributed by atoms with Crippen molar-refractivity contribution in [3.05, 3.63) is 0 Å². The molecule has 2 fully saturated rings. The summed E-state index contributed by atoms with van der Waals surface area (Å²) in [5, 5.41) is 9.52. The fourth-order valence-electron chi connectivity index (χ4n) is 1.97. The summed E-state index contributed by atoms with van der Waals surface area (Å²) in [6, 6.07) is 0. The number of carbonyl (C=O) groups is 1. The number of nitrogens with one attached hydrogen (secondary N) is 3.